The molecule has 2 heterocycles. The molecule has 3 aromatic rings. The van der Waals surface area contributed by atoms with Gasteiger partial charge in [0.1, 0.15) is 5.75 Å². The molecule has 2 aromatic carbocycles. The van der Waals surface area contributed by atoms with Gasteiger partial charge in [-0.3, -0.25) is 14.4 Å². The zero-order valence-corrected chi connectivity index (χ0v) is 26.2. The van der Waals surface area contributed by atoms with Crippen molar-refractivity contribution < 1.29 is 33.3 Å². The summed E-state index contributed by atoms with van der Waals surface area (Å²) in [5.74, 6) is 1.71. The van der Waals surface area contributed by atoms with Gasteiger partial charge in [0.2, 0.25) is 5.91 Å². The number of hydrogen-bond acceptors (Lipinski definition) is 8. The molecule has 1 aromatic heterocycles. The van der Waals surface area contributed by atoms with E-state index in [9.17, 15) is 14.4 Å². The van der Waals surface area contributed by atoms with E-state index < -0.39 is 0 Å². The highest BCUT2D eigenvalue weighted by Crippen LogP contribution is 2.37. The summed E-state index contributed by atoms with van der Waals surface area (Å²) < 4.78 is 24.4. The van der Waals surface area contributed by atoms with Crippen LogP contribution in [0.15, 0.2) is 34.8 Å². The Bertz CT molecular complexity index is 1400. The second kappa shape index (κ2) is 14.7. The molecule has 0 saturated carbocycles. The number of carbonyl (C=O) groups excluding carboxylic acids is 3. The number of esters is 1. The van der Waals surface area contributed by atoms with Crippen LogP contribution in [0.1, 0.15) is 73.2 Å². The average Bonchev–Trinajstić information content (AvgIpc) is 3.57. The summed E-state index contributed by atoms with van der Waals surface area (Å²) in [4.78, 5) is 39.2. The molecule has 0 saturated heterocycles. The minimum Gasteiger partial charge on any atom is -0.493 e. The van der Waals surface area contributed by atoms with Crippen LogP contribution in [0.3, 0.4) is 0 Å². The van der Waals surface area contributed by atoms with Crippen molar-refractivity contribution in [3.8, 4) is 17.2 Å². The van der Waals surface area contributed by atoms with Crippen LogP contribution in [0.2, 0.25) is 0 Å². The van der Waals surface area contributed by atoms with Gasteiger partial charge in [-0.2, -0.15) is 0 Å². The van der Waals surface area contributed by atoms with E-state index in [-0.39, 0.29) is 30.5 Å². The van der Waals surface area contributed by atoms with Gasteiger partial charge in [0.05, 0.1) is 42.7 Å². The largest absolute Gasteiger partial charge is 0.493 e. The maximum atomic E-state index is 12.6. The number of amides is 1. The molecule has 0 spiro atoms. The van der Waals surface area contributed by atoms with Crippen LogP contribution in [0.25, 0.3) is 10.1 Å². The number of Topliss-reactive ketones (excluding diaryl/α,β-unsaturated/α-hetero) is 1. The van der Waals surface area contributed by atoms with Crippen molar-refractivity contribution in [2.75, 3.05) is 26.9 Å². The van der Waals surface area contributed by atoms with E-state index in [4.69, 9.17) is 18.9 Å². The molecule has 0 unspecified atom stereocenters. The zero-order chi connectivity index (χ0) is 29.4. The smallest absolute Gasteiger partial charge is 0.306 e. The molecule has 0 atom stereocenters. The molecule has 4 rings (SSSR count). The zero-order valence-electron chi connectivity index (χ0n) is 23.8. The number of hydrogen-bond donors (Lipinski definition) is 0. The molecule has 1 amide bonds. The van der Waals surface area contributed by atoms with Gasteiger partial charge in [-0.1, -0.05) is 13.3 Å². The lowest BCUT2D eigenvalue weighted by Crippen LogP contribution is -2.25. The van der Waals surface area contributed by atoms with Gasteiger partial charge in [-0.25, -0.2) is 0 Å². The Balaban J connectivity index is 1.28. The topological polar surface area (TPSA) is 91.4 Å². The van der Waals surface area contributed by atoms with E-state index in [1.165, 1.54) is 11.3 Å². The first-order valence-electron chi connectivity index (χ1n) is 14.0. The number of unbranched alkanes of at least 4 members (excludes halogenated alkanes) is 1. The lowest BCUT2D eigenvalue weighted by atomic mass is 10.1. The van der Waals surface area contributed by atoms with E-state index in [0.717, 1.165) is 49.2 Å². The van der Waals surface area contributed by atoms with Crippen molar-refractivity contribution in [3.05, 3.63) is 50.8 Å². The minimum absolute atomic E-state index is 0.0801. The molecule has 0 radical (unpaired) electrons. The third-order valence-corrected chi connectivity index (χ3v) is 8.57. The average molecular weight is 647 g/mol. The Morgan fingerprint density at radius 1 is 0.878 bits per heavy atom. The first kappa shape index (κ1) is 30.8. The van der Waals surface area contributed by atoms with Crippen LogP contribution in [0.4, 0.5) is 0 Å². The van der Waals surface area contributed by atoms with Crippen molar-refractivity contribution in [2.45, 2.75) is 65.5 Å². The number of fused-ring (bicyclic) bond motifs is 2. The molecule has 0 N–H and O–H groups in total. The van der Waals surface area contributed by atoms with Crippen LogP contribution in [-0.2, 0) is 27.4 Å². The molecule has 1 aliphatic rings. The number of rotatable bonds is 15. The fourth-order valence-electron chi connectivity index (χ4n) is 4.63. The number of ketones is 1. The predicted octanol–water partition coefficient (Wildman–Crippen LogP) is 7.08. The molecule has 0 aliphatic carbocycles. The summed E-state index contributed by atoms with van der Waals surface area (Å²) in [6.45, 7) is 5.95. The van der Waals surface area contributed by atoms with Gasteiger partial charge < -0.3 is 23.8 Å². The summed E-state index contributed by atoms with van der Waals surface area (Å²) in [5, 5.41) is 1.00. The number of thiophene rings is 1. The first-order valence-corrected chi connectivity index (χ1v) is 15.6. The van der Waals surface area contributed by atoms with E-state index in [0.29, 0.717) is 57.3 Å². The lowest BCUT2D eigenvalue weighted by molar-refractivity contribution is -0.145. The Morgan fingerprint density at radius 2 is 1.59 bits per heavy atom. The Hall–Kier alpha value is -3.11. The first-order chi connectivity index (χ1) is 19.8. The fourth-order valence-corrected chi connectivity index (χ4v) is 6.29. The number of nitrogens with zero attached hydrogens (tertiary/aromatic N) is 1. The molecular formula is C31H36BrNO7S. The minimum atomic E-state index is -0.360. The lowest BCUT2D eigenvalue weighted by Gasteiger charge is -2.14. The van der Waals surface area contributed by atoms with E-state index in [1.54, 1.807) is 18.9 Å². The fraction of sp³-hybridized carbons (Fsp3) is 0.452. The van der Waals surface area contributed by atoms with E-state index in [1.807, 2.05) is 30.3 Å². The summed E-state index contributed by atoms with van der Waals surface area (Å²) in [5.41, 5.74) is 2.01. The highest BCUT2D eigenvalue weighted by Gasteiger charge is 2.26. The van der Waals surface area contributed by atoms with Crippen LogP contribution in [0.5, 0.6) is 17.2 Å². The number of carbonyl (C=O) groups is 3. The third kappa shape index (κ3) is 8.01. The van der Waals surface area contributed by atoms with Crippen molar-refractivity contribution in [1.29, 1.82) is 0 Å². The van der Waals surface area contributed by atoms with Gasteiger partial charge >= 0.3 is 5.97 Å². The quantitative estimate of drug-likeness (QED) is 0.0991. The molecule has 41 heavy (non-hydrogen) atoms. The number of ether oxygens (including phenoxy) is 4. The predicted molar refractivity (Wildman–Crippen MR) is 162 cm³/mol. The van der Waals surface area contributed by atoms with Crippen LogP contribution < -0.4 is 14.2 Å². The summed E-state index contributed by atoms with van der Waals surface area (Å²) in [6.07, 6.45) is 3.34. The third-order valence-electron chi connectivity index (χ3n) is 6.82. The van der Waals surface area contributed by atoms with Crippen molar-refractivity contribution >= 4 is 55.0 Å². The monoisotopic (exact) mass is 645 g/mol. The molecular weight excluding hydrogens is 610 g/mol. The Kier molecular flexibility index (Phi) is 11.0. The standard InChI is InChI=1S/C31H36BrNO7S/c1-4-6-8-24(34)29-16-20-13-25(23(32)17-28(20)41-29)39-11-7-12-40-27-15-22-19-33(18-21(22)14-26(27)37-3)30(35)9-10-31(36)38-5-2/h13-17H,4-12,18-19H2,1-3H3. The second-order valence-corrected chi connectivity index (χ2v) is 11.8. The van der Waals surface area contributed by atoms with Crippen molar-refractivity contribution in [1.82, 2.24) is 4.90 Å². The highest BCUT2D eigenvalue weighted by molar-refractivity contribution is 9.10. The normalized spacial score (nSPS) is 12.3. The summed E-state index contributed by atoms with van der Waals surface area (Å²) in [7, 11) is 1.59. The van der Waals surface area contributed by atoms with E-state index in [2.05, 4.69) is 22.9 Å². The molecule has 0 fully saturated rings. The molecule has 8 nitrogen and oxygen atoms in total. The Morgan fingerprint density at radius 3 is 2.27 bits per heavy atom. The van der Waals surface area contributed by atoms with E-state index >= 15 is 0 Å². The number of benzene rings is 2. The molecule has 0 bridgehead atoms. The van der Waals surface area contributed by atoms with Gasteiger partial charge in [-0.15, -0.1) is 11.3 Å². The molecule has 1 aliphatic heterocycles. The molecule has 10 heteroatoms. The van der Waals surface area contributed by atoms with Crippen molar-refractivity contribution in [3.63, 3.8) is 0 Å². The van der Waals surface area contributed by atoms with Gasteiger partial charge in [0.25, 0.3) is 0 Å². The Labute approximate surface area is 253 Å². The van der Waals surface area contributed by atoms with Crippen molar-refractivity contribution in [2.24, 2.45) is 0 Å². The highest BCUT2D eigenvalue weighted by atomic mass is 79.9. The van der Waals surface area contributed by atoms with Gasteiger partial charge in [0.15, 0.2) is 17.3 Å². The molecule has 220 valence electrons. The second-order valence-electron chi connectivity index (χ2n) is 9.83. The summed E-state index contributed by atoms with van der Waals surface area (Å²) in [6, 6.07) is 9.76. The SMILES string of the molecule is CCCCC(=O)c1cc2cc(OCCCOc3cc4c(cc3OC)CN(C(=O)CCC(=O)OCC)C4)c(Br)cc2s1. The van der Waals surface area contributed by atoms with Gasteiger partial charge in [0, 0.05) is 37.1 Å². The van der Waals surface area contributed by atoms with Crippen LogP contribution >= 0.6 is 27.3 Å². The van der Waals surface area contributed by atoms with Gasteiger partial charge in [-0.05, 0) is 76.1 Å². The number of methoxy groups -OCH3 is 1. The summed E-state index contributed by atoms with van der Waals surface area (Å²) >= 11 is 5.12. The number of halogens is 1. The maximum Gasteiger partial charge on any atom is 0.306 e. The van der Waals surface area contributed by atoms with Crippen LogP contribution in [0, 0.1) is 0 Å². The maximum absolute atomic E-state index is 12.6. The van der Waals surface area contributed by atoms with Crippen LogP contribution in [-0.4, -0.2) is 49.5 Å².